The van der Waals surface area contributed by atoms with Gasteiger partial charge in [0.05, 0.1) is 0 Å². The van der Waals surface area contributed by atoms with E-state index in [0.717, 1.165) is 26.4 Å². The van der Waals surface area contributed by atoms with Crippen LogP contribution < -0.4 is 5.73 Å². The number of hydrogen-bond donors (Lipinski definition) is 1. The van der Waals surface area contributed by atoms with Crippen LogP contribution in [0.3, 0.4) is 0 Å². The lowest BCUT2D eigenvalue weighted by Crippen LogP contribution is -1.88. The first-order valence-electron chi connectivity index (χ1n) is 5.04. The summed E-state index contributed by atoms with van der Waals surface area (Å²) in [6, 6.07) is 7.37. The Morgan fingerprint density at radius 2 is 2.06 bits per heavy atom. The zero-order chi connectivity index (χ0) is 13.1. The Balaban J connectivity index is 2.11. The summed E-state index contributed by atoms with van der Waals surface area (Å²) >= 11 is 17.0. The number of aromatic nitrogens is 1. The molecular weight excluding hydrogens is 355 g/mol. The van der Waals surface area contributed by atoms with E-state index in [0.29, 0.717) is 10.2 Å². The number of pyridine rings is 1. The molecule has 0 atom stereocenters. The normalized spacial score (nSPS) is 10.6. The van der Waals surface area contributed by atoms with Gasteiger partial charge in [0.1, 0.15) is 5.15 Å². The molecule has 2 N–H and O–H groups in total. The van der Waals surface area contributed by atoms with Gasteiger partial charge in [-0.05, 0) is 45.8 Å². The lowest BCUT2D eigenvalue weighted by molar-refractivity contribution is 1.25. The summed E-state index contributed by atoms with van der Waals surface area (Å²) in [5.41, 5.74) is 7.38. The molecule has 18 heavy (non-hydrogen) atoms. The molecule has 1 aromatic heterocycles. The van der Waals surface area contributed by atoms with Crippen LogP contribution in [-0.4, -0.2) is 4.98 Å². The highest BCUT2D eigenvalue weighted by Crippen LogP contribution is 2.33. The standard InChI is InChI=1S/C12H9BrCl2N2S/c13-9-3-8(16)1-2-11(9)18-6-7-5-17-12(15)4-10(7)14/h1-5H,6,16H2. The van der Waals surface area contributed by atoms with E-state index in [-0.39, 0.29) is 0 Å². The fraction of sp³-hybridized carbons (Fsp3) is 0.0833. The molecule has 2 rings (SSSR count). The highest BCUT2D eigenvalue weighted by molar-refractivity contribution is 9.10. The third-order valence-corrected chi connectivity index (χ3v) is 4.83. The second-order valence-electron chi connectivity index (χ2n) is 3.58. The van der Waals surface area contributed by atoms with E-state index in [1.54, 1.807) is 24.0 Å². The molecule has 6 heteroatoms. The number of nitrogen functional groups attached to an aromatic ring is 1. The van der Waals surface area contributed by atoms with Crippen molar-refractivity contribution in [3.63, 3.8) is 0 Å². The molecule has 0 radical (unpaired) electrons. The van der Waals surface area contributed by atoms with Crippen LogP contribution in [0.4, 0.5) is 5.69 Å². The molecule has 1 aromatic carbocycles. The molecular formula is C12H9BrCl2N2S. The fourth-order valence-corrected chi connectivity index (χ4v) is 3.49. The first kappa shape index (κ1) is 14.0. The van der Waals surface area contributed by atoms with Gasteiger partial charge in [-0.3, -0.25) is 0 Å². The smallest absolute Gasteiger partial charge is 0.130 e. The summed E-state index contributed by atoms with van der Waals surface area (Å²) in [7, 11) is 0. The zero-order valence-electron chi connectivity index (χ0n) is 9.16. The van der Waals surface area contributed by atoms with E-state index >= 15 is 0 Å². The van der Waals surface area contributed by atoms with E-state index in [4.69, 9.17) is 28.9 Å². The number of halogens is 3. The molecule has 0 saturated heterocycles. The quantitative estimate of drug-likeness (QED) is 0.472. The van der Waals surface area contributed by atoms with Crippen molar-refractivity contribution >= 4 is 56.6 Å². The van der Waals surface area contributed by atoms with E-state index in [9.17, 15) is 0 Å². The SMILES string of the molecule is Nc1ccc(SCc2cnc(Cl)cc2Cl)c(Br)c1. The fourth-order valence-electron chi connectivity index (χ4n) is 1.33. The van der Waals surface area contributed by atoms with Gasteiger partial charge in [0.15, 0.2) is 0 Å². The number of hydrogen-bond acceptors (Lipinski definition) is 3. The Kier molecular flexibility index (Phi) is 4.78. The third kappa shape index (κ3) is 3.54. The number of thioether (sulfide) groups is 1. The second kappa shape index (κ2) is 6.15. The van der Waals surface area contributed by atoms with Gasteiger partial charge in [-0.15, -0.1) is 11.8 Å². The van der Waals surface area contributed by atoms with E-state index in [1.807, 2.05) is 18.2 Å². The van der Waals surface area contributed by atoms with Crippen LogP contribution >= 0.6 is 50.9 Å². The zero-order valence-corrected chi connectivity index (χ0v) is 13.1. The molecule has 0 amide bonds. The molecule has 0 bridgehead atoms. The first-order valence-corrected chi connectivity index (χ1v) is 7.57. The Hall–Kier alpha value is -0.420. The van der Waals surface area contributed by atoms with Gasteiger partial charge in [-0.1, -0.05) is 23.2 Å². The van der Waals surface area contributed by atoms with Crippen LogP contribution in [0.1, 0.15) is 5.56 Å². The maximum Gasteiger partial charge on any atom is 0.130 e. The summed E-state index contributed by atoms with van der Waals surface area (Å²) in [6.45, 7) is 0. The Morgan fingerprint density at radius 1 is 1.28 bits per heavy atom. The maximum absolute atomic E-state index is 6.09. The average molecular weight is 364 g/mol. The average Bonchev–Trinajstić information content (AvgIpc) is 2.30. The maximum atomic E-state index is 6.09. The minimum absolute atomic E-state index is 0.405. The van der Waals surface area contributed by atoms with Crippen molar-refractivity contribution in [2.75, 3.05) is 5.73 Å². The van der Waals surface area contributed by atoms with Crippen molar-refractivity contribution in [1.29, 1.82) is 0 Å². The van der Waals surface area contributed by atoms with Crippen LogP contribution in [0.2, 0.25) is 10.2 Å². The van der Waals surface area contributed by atoms with Crippen molar-refractivity contribution < 1.29 is 0 Å². The van der Waals surface area contributed by atoms with Gasteiger partial charge in [0.25, 0.3) is 0 Å². The predicted octanol–water partition coefficient (Wildman–Crippen LogP) is 5.03. The second-order valence-corrected chi connectivity index (χ2v) is 6.24. The highest BCUT2D eigenvalue weighted by atomic mass is 79.9. The largest absolute Gasteiger partial charge is 0.399 e. The van der Waals surface area contributed by atoms with Crippen LogP contribution in [0.25, 0.3) is 0 Å². The lowest BCUT2D eigenvalue weighted by atomic mass is 10.3. The molecule has 0 aliphatic heterocycles. The lowest BCUT2D eigenvalue weighted by Gasteiger charge is -2.06. The molecule has 2 nitrogen and oxygen atoms in total. The molecule has 94 valence electrons. The summed E-state index contributed by atoms with van der Waals surface area (Å²) in [6.07, 6.45) is 1.70. The van der Waals surface area contributed by atoms with Gasteiger partial charge >= 0.3 is 0 Å². The van der Waals surface area contributed by atoms with Gasteiger partial charge in [-0.25, -0.2) is 4.98 Å². The third-order valence-electron chi connectivity index (χ3n) is 2.24. The van der Waals surface area contributed by atoms with Gasteiger partial charge in [0.2, 0.25) is 0 Å². The van der Waals surface area contributed by atoms with E-state index in [1.165, 1.54) is 0 Å². The van der Waals surface area contributed by atoms with Crippen LogP contribution in [0.15, 0.2) is 39.8 Å². The van der Waals surface area contributed by atoms with E-state index < -0.39 is 0 Å². The molecule has 0 spiro atoms. The van der Waals surface area contributed by atoms with Gasteiger partial charge in [0, 0.05) is 32.0 Å². The monoisotopic (exact) mass is 362 g/mol. The van der Waals surface area contributed by atoms with Crippen molar-refractivity contribution in [2.24, 2.45) is 0 Å². The molecule has 1 heterocycles. The number of anilines is 1. The Bertz CT molecular complexity index is 526. The Labute approximate surface area is 128 Å². The van der Waals surface area contributed by atoms with Crippen molar-refractivity contribution in [3.8, 4) is 0 Å². The highest BCUT2D eigenvalue weighted by Gasteiger charge is 2.06. The van der Waals surface area contributed by atoms with Gasteiger partial charge < -0.3 is 5.73 Å². The number of nitrogens with two attached hydrogens (primary N) is 1. The Morgan fingerprint density at radius 3 is 2.72 bits per heavy atom. The number of nitrogens with zero attached hydrogens (tertiary/aromatic N) is 1. The minimum Gasteiger partial charge on any atom is -0.399 e. The molecule has 0 aliphatic rings. The molecule has 0 fully saturated rings. The molecule has 0 saturated carbocycles. The van der Waals surface area contributed by atoms with Crippen molar-refractivity contribution in [2.45, 2.75) is 10.6 Å². The molecule has 0 aliphatic carbocycles. The topological polar surface area (TPSA) is 38.9 Å². The van der Waals surface area contributed by atoms with Gasteiger partial charge in [-0.2, -0.15) is 0 Å². The first-order chi connectivity index (χ1) is 8.56. The van der Waals surface area contributed by atoms with Crippen LogP contribution in [0.5, 0.6) is 0 Å². The molecule has 2 aromatic rings. The van der Waals surface area contributed by atoms with E-state index in [2.05, 4.69) is 20.9 Å². The summed E-state index contributed by atoms with van der Waals surface area (Å²) in [4.78, 5) is 5.13. The van der Waals surface area contributed by atoms with Crippen molar-refractivity contribution in [1.82, 2.24) is 4.98 Å². The van der Waals surface area contributed by atoms with Crippen molar-refractivity contribution in [3.05, 3.63) is 50.7 Å². The number of rotatable bonds is 3. The van der Waals surface area contributed by atoms with Crippen LogP contribution in [-0.2, 0) is 5.75 Å². The summed E-state index contributed by atoms with van der Waals surface area (Å²) in [5.74, 6) is 0.728. The van der Waals surface area contributed by atoms with Crippen LogP contribution in [0, 0.1) is 0 Å². The predicted molar refractivity (Wildman–Crippen MR) is 82.4 cm³/mol. The summed E-state index contributed by atoms with van der Waals surface area (Å²) < 4.78 is 0.977. The minimum atomic E-state index is 0.405. The summed E-state index contributed by atoms with van der Waals surface area (Å²) in [5, 5.41) is 1.04. The number of benzene rings is 1. The molecule has 0 unspecified atom stereocenters.